The van der Waals surface area contributed by atoms with Gasteiger partial charge in [0.05, 0.1) is 6.61 Å². The highest BCUT2D eigenvalue weighted by atomic mass is 16.6. The van der Waals surface area contributed by atoms with Crippen LogP contribution in [0.4, 0.5) is 0 Å². The molecule has 0 aromatic carbocycles. The Morgan fingerprint density at radius 2 is 2.11 bits per heavy atom. The molecule has 0 aromatic heterocycles. The Labute approximate surface area is 107 Å². The monoisotopic (exact) mass is 256 g/mol. The summed E-state index contributed by atoms with van der Waals surface area (Å²) in [7, 11) is 0. The van der Waals surface area contributed by atoms with Crippen LogP contribution in [0.25, 0.3) is 0 Å². The summed E-state index contributed by atoms with van der Waals surface area (Å²) >= 11 is 0. The summed E-state index contributed by atoms with van der Waals surface area (Å²) in [6.07, 6.45) is 0.588. The lowest BCUT2D eigenvalue weighted by Crippen LogP contribution is -2.54. The van der Waals surface area contributed by atoms with Gasteiger partial charge in [-0.25, -0.2) is 4.79 Å². The number of hydrogen-bond acceptors (Lipinski definition) is 5. The lowest BCUT2D eigenvalue weighted by molar-refractivity contribution is -0.190. The molecule has 1 amide bonds. The first kappa shape index (κ1) is 14.6. The smallest absolute Gasteiger partial charge is 0.362 e. The van der Waals surface area contributed by atoms with Crippen LogP contribution in [0.5, 0.6) is 0 Å². The molecule has 102 valence electrons. The zero-order valence-corrected chi connectivity index (χ0v) is 11.3. The quantitative estimate of drug-likeness (QED) is 0.758. The van der Waals surface area contributed by atoms with Gasteiger partial charge in [-0.3, -0.25) is 4.79 Å². The molecule has 6 nitrogen and oxygen atoms in total. The second kappa shape index (κ2) is 5.48. The van der Waals surface area contributed by atoms with E-state index in [4.69, 9.17) is 4.74 Å². The average molecular weight is 256 g/mol. The Hall–Kier alpha value is -1.43. The van der Waals surface area contributed by atoms with Crippen molar-refractivity contribution in [3.05, 3.63) is 0 Å². The van der Waals surface area contributed by atoms with E-state index < -0.39 is 17.6 Å². The molecule has 0 bridgehead atoms. The first-order chi connectivity index (χ1) is 8.36. The van der Waals surface area contributed by atoms with E-state index in [1.165, 1.54) is 0 Å². The van der Waals surface area contributed by atoms with E-state index in [0.29, 0.717) is 12.1 Å². The standard InChI is InChI=1S/C12H20N2O4/c1-5-9-7-12(17,11(16)18-6-2)14(13-9)10(15)8(3)4/h8,17H,5-7H2,1-4H3. The summed E-state index contributed by atoms with van der Waals surface area (Å²) in [4.78, 5) is 23.8. The zero-order chi connectivity index (χ0) is 13.9. The molecule has 0 aliphatic carbocycles. The molecule has 1 heterocycles. The van der Waals surface area contributed by atoms with Gasteiger partial charge in [0.15, 0.2) is 0 Å². The Balaban J connectivity index is 3.04. The second-order valence-electron chi connectivity index (χ2n) is 4.54. The molecule has 0 saturated carbocycles. The van der Waals surface area contributed by atoms with Crippen molar-refractivity contribution < 1.29 is 19.4 Å². The van der Waals surface area contributed by atoms with E-state index in [0.717, 1.165) is 5.01 Å². The van der Waals surface area contributed by atoms with Gasteiger partial charge in [0, 0.05) is 18.1 Å². The van der Waals surface area contributed by atoms with Crippen molar-refractivity contribution in [2.45, 2.75) is 46.3 Å². The van der Waals surface area contributed by atoms with Gasteiger partial charge in [-0.05, 0) is 13.3 Å². The fraction of sp³-hybridized carbons (Fsp3) is 0.750. The highest BCUT2D eigenvalue weighted by Gasteiger charge is 2.51. The van der Waals surface area contributed by atoms with Crippen molar-refractivity contribution in [1.82, 2.24) is 5.01 Å². The summed E-state index contributed by atoms with van der Waals surface area (Å²) < 4.78 is 4.83. The van der Waals surface area contributed by atoms with E-state index in [2.05, 4.69) is 5.10 Å². The van der Waals surface area contributed by atoms with Gasteiger partial charge in [-0.2, -0.15) is 10.1 Å². The van der Waals surface area contributed by atoms with Gasteiger partial charge in [0.2, 0.25) is 5.91 Å². The third kappa shape index (κ3) is 2.53. The molecular weight excluding hydrogens is 236 g/mol. The number of carbonyl (C=O) groups is 2. The maximum absolute atomic E-state index is 12.0. The summed E-state index contributed by atoms with van der Waals surface area (Å²) in [6, 6.07) is 0. The van der Waals surface area contributed by atoms with Crippen molar-refractivity contribution in [3.8, 4) is 0 Å². The highest BCUT2D eigenvalue weighted by Crippen LogP contribution is 2.29. The summed E-state index contributed by atoms with van der Waals surface area (Å²) in [5, 5.41) is 15.3. The van der Waals surface area contributed by atoms with E-state index in [9.17, 15) is 14.7 Å². The minimum atomic E-state index is -1.98. The molecule has 1 N–H and O–H groups in total. The molecule has 18 heavy (non-hydrogen) atoms. The van der Waals surface area contributed by atoms with Crippen LogP contribution < -0.4 is 0 Å². The van der Waals surface area contributed by atoms with Crippen LogP contribution in [-0.4, -0.2) is 40.0 Å². The fourth-order valence-electron chi connectivity index (χ4n) is 1.70. The fourth-order valence-corrected chi connectivity index (χ4v) is 1.70. The van der Waals surface area contributed by atoms with E-state index in [1.807, 2.05) is 6.92 Å². The van der Waals surface area contributed by atoms with Crippen LogP contribution in [-0.2, 0) is 14.3 Å². The number of carbonyl (C=O) groups excluding carboxylic acids is 2. The van der Waals surface area contributed by atoms with Crippen LogP contribution in [0.3, 0.4) is 0 Å². The first-order valence-electron chi connectivity index (χ1n) is 6.16. The van der Waals surface area contributed by atoms with Crippen molar-refractivity contribution >= 4 is 17.6 Å². The predicted molar refractivity (Wildman–Crippen MR) is 65.6 cm³/mol. The number of hydrogen-bond donors (Lipinski definition) is 1. The lowest BCUT2D eigenvalue weighted by atomic mass is 10.0. The molecule has 0 aromatic rings. The molecule has 1 atom stereocenters. The number of aliphatic hydroxyl groups is 1. The van der Waals surface area contributed by atoms with Crippen molar-refractivity contribution in [1.29, 1.82) is 0 Å². The average Bonchev–Trinajstić information content (AvgIpc) is 2.67. The summed E-state index contributed by atoms with van der Waals surface area (Å²) in [5.74, 6) is -1.58. The Morgan fingerprint density at radius 1 is 1.50 bits per heavy atom. The lowest BCUT2D eigenvalue weighted by Gasteiger charge is -2.29. The number of esters is 1. The normalized spacial score (nSPS) is 23.2. The SMILES string of the molecule is CCOC(=O)C1(O)CC(CC)=NN1C(=O)C(C)C. The Bertz CT molecular complexity index is 378. The third-order valence-electron chi connectivity index (χ3n) is 2.76. The molecule has 1 aliphatic heterocycles. The van der Waals surface area contributed by atoms with Gasteiger partial charge < -0.3 is 9.84 Å². The Kier molecular flexibility index (Phi) is 4.45. The molecule has 1 aliphatic rings. The highest BCUT2D eigenvalue weighted by molar-refractivity contribution is 5.98. The molecule has 0 fully saturated rings. The van der Waals surface area contributed by atoms with Gasteiger partial charge in [0.25, 0.3) is 5.72 Å². The minimum absolute atomic E-state index is 0.0147. The molecule has 0 radical (unpaired) electrons. The second-order valence-corrected chi connectivity index (χ2v) is 4.54. The zero-order valence-electron chi connectivity index (χ0n) is 11.3. The number of rotatable bonds is 4. The molecule has 6 heteroatoms. The topological polar surface area (TPSA) is 79.2 Å². The van der Waals surface area contributed by atoms with Gasteiger partial charge in [0.1, 0.15) is 0 Å². The number of nitrogens with zero attached hydrogens (tertiary/aromatic N) is 2. The van der Waals surface area contributed by atoms with E-state index in [-0.39, 0.29) is 18.9 Å². The van der Waals surface area contributed by atoms with Crippen LogP contribution >= 0.6 is 0 Å². The van der Waals surface area contributed by atoms with Gasteiger partial charge in [-0.15, -0.1) is 0 Å². The third-order valence-corrected chi connectivity index (χ3v) is 2.76. The van der Waals surface area contributed by atoms with Gasteiger partial charge >= 0.3 is 5.97 Å². The number of amides is 1. The van der Waals surface area contributed by atoms with Crippen molar-refractivity contribution in [2.24, 2.45) is 11.0 Å². The maximum Gasteiger partial charge on any atom is 0.362 e. The predicted octanol–water partition coefficient (Wildman–Crippen LogP) is 0.892. The summed E-state index contributed by atoms with van der Waals surface area (Å²) in [6.45, 7) is 7.02. The molecule has 0 spiro atoms. The minimum Gasteiger partial charge on any atom is -0.462 e. The molecule has 1 rings (SSSR count). The van der Waals surface area contributed by atoms with Crippen LogP contribution in [0.2, 0.25) is 0 Å². The molecular formula is C12H20N2O4. The Morgan fingerprint density at radius 3 is 2.56 bits per heavy atom. The van der Waals surface area contributed by atoms with Gasteiger partial charge in [-0.1, -0.05) is 20.8 Å². The molecule has 1 unspecified atom stereocenters. The van der Waals surface area contributed by atoms with E-state index >= 15 is 0 Å². The summed E-state index contributed by atoms with van der Waals surface area (Å²) in [5.41, 5.74) is -1.37. The van der Waals surface area contributed by atoms with Crippen LogP contribution in [0, 0.1) is 5.92 Å². The van der Waals surface area contributed by atoms with Crippen LogP contribution in [0.15, 0.2) is 5.10 Å². The molecule has 0 saturated heterocycles. The number of ether oxygens (including phenoxy) is 1. The van der Waals surface area contributed by atoms with Crippen molar-refractivity contribution in [2.75, 3.05) is 6.61 Å². The van der Waals surface area contributed by atoms with Crippen LogP contribution in [0.1, 0.15) is 40.5 Å². The van der Waals surface area contributed by atoms with E-state index in [1.54, 1.807) is 20.8 Å². The van der Waals surface area contributed by atoms with Crippen molar-refractivity contribution in [3.63, 3.8) is 0 Å². The number of hydrazone groups is 1. The maximum atomic E-state index is 12.0. The largest absolute Gasteiger partial charge is 0.462 e. The first-order valence-corrected chi connectivity index (χ1v) is 6.16.